The first-order valence-corrected chi connectivity index (χ1v) is 8.60. The summed E-state index contributed by atoms with van der Waals surface area (Å²) in [7, 11) is 0. The molecule has 0 aliphatic carbocycles. The molecule has 2 aromatic rings. The van der Waals surface area contributed by atoms with Gasteiger partial charge >= 0.3 is 5.97 Å². The highest BCUT2D eigenvalue weighted by molar-refractivity contribution is 9.10. The van der Waals surface area contributed by atoms with Crippen molar-refractivity contribution in [1.82, 2.24) is 5.32 Å². The van der Waals surface area contributed by atoms with Crippen molar-refractivity contribution >= 4 is 27.8 Å². The van der Waals surface area contributed by atoms with Crippen molar-refractivity contribution in [3.8, 4) is 0 Å². The molecule has 4 nitrogen and oxygen atoms in total. The van der Waals surface area contributed by atoms with E-state index in [1.54, 1.807) is 18.2 Å². The Morgan fingerprint density at radius 2 is 1.88 bits per heavy atom. The van der Waals surface area contributed by atoms with E-state index in [1.165, 1.54) is 5.56 Å². The first-order chi connectivity index (χ1) is 11.5. The Kier molecular flexibility index (Phi) is 7.00. The fourth-order valence-corrected chi connectivity index (χ4v) is 2.65. The van der Waals surface area contributed by atoms with E-state index < -0.39 is 5.97 Å². The summed E-state index contributed by atoms with van der Waals surface area (Å²) in [6, 6.07) is 17.0. The lowest BCUT2D eigenvalue weighted by atomic mass is 10.1. The van der Waals surface area contributed by atoms with E-state index in [-0.39, 0.29) is 18.6 Å². The fraction of sp³-hybridized carbons (Fsp3) is 0.263. The number of halogens is 1. The quantitative estimate of drug-likeness (QED) is 0.733. The molecule has 0 aliphatic rings. The van der Waals surface area contributed by atoms with E-state index in [1.807, 2.05) is 31.2 Å². The molecule has 2 rings (SSSR count). The highest BCUT2D eigenvalue weighted by Crippen LogP contribution is 2.12. The van der Waals surface area contributed by atoms with Gasteiger partial charge in [0.25, 0.3) is 5.91 Å². The summed E-state index contributed by atoms with van der Waals surface area (Å²) in [4.78, 5) is 23.7. The zero-order valence-corrected chi connectivity index (χ0v) is 15.1. The number of benzene rings is 2. The third kappa shape index (κ3) is 6.16. The van der Waals surface area contributed by atoms with Gasteiger partial charge < -0.3 is 10.1 Å². The molecule has 0 radical (unpaired) electrons. The number of nitrogens with one attached hydrogen (secondary N) is 1. The van der Waals surface area contributed by atoms with Crippen LogP contribution >= 0.6 is 15.9 Å². The number of rotatable bonds is 7. The summed E-state index contributed by atoms with van der Waals surface area (Å²) in [5, 5.41) is 2.84. The number of amides is 1. The zero-order chi connectivity index (χ0) is 17.4. The van der Waals surface area contributed by atoms with Crippen molar-refractivity contribution in [1.29, 1.82) is 0 Å². The molecule has 0 aliphatic heterocycles. The number of aryl methyl sites for hydroxylation is 1. The molecule has 0 unspecified atom stereocenters. The molecule has 126 valence electrons. The van der Waals surface area contributed by atoms with E-state index in [4.69, 9.17) is 4.74 Å². The SMILES string of the molecule is C[C@H](CCc1ccccc1)NC(=O)COC(=O)c1cccc(Br)c1. The first-order valence-electron chi connectivity index (χ1n) is 7.80. The standard InChI is InChI=1S/C19H20BrNO3/c1-14(10-11-15-6-3-2-4-7-15)21-18(22)13-24-19(23)16-8-5-9-17(20)12-16/h2-9,12,14H,10-11,13H2,1H3,(H,21,22)/t14-/m1/s1. The molecule has 0 fully saturated rings. The third-order valence-corrected chi connectivity index (χ3v) is 4.00. The average Bonchev–Trinajstić information content (AvgIpc) is 2.59. The van der Waals surface area contributed by atoms with Crippen LogP contribution in [0.2, 0.25) is 0 Å². The van der Waals surface area contributed by atoms with Crippen molar-refractivity contribution in [2.45, 2.75) is 25.8 Å². The molecule has 0 saturated carbocycles. The largest absolute Gasteiger partial charge is 0.452 e. The average molecular weight is 390 g/mol. The van der Waals surface area contributed by atoms with Gasteiger partial charge in [-0.3, -0.25) is 4.79 Å². The monoisotopic (exact) mass is 389 g/mol. The van der Waals surface area contributed by atoms with Gasteiger partial charge in [-0.05, 0) is 43.5 Å². The molecule has 0 spiro atoms. The molecule has 24 heavy (non-hydrogen) atoms. The molecule has 0 bridgehead atoms. The lowest BCUT2D eigenvalue weighted by Crippen LogP contribution is -2.36. The summed E-state index contributed by atoms with van der Waals surface area (Å²) in [6.07, 6.45) is 1.72. The number of hydrogen-bond acceptors (Lipinski definition) is 3. The van der Waals surface area contributed by atoms with Crippen LogP contribution in [-0.4, -0.2) is 24.5 Å². The summed E-state index contributed by atoms with van der Waals surface area (Å²) in [5.74, 6) is -0.803. The zero-order valence-electron chi connectivity index (χ0n) is 13.5. The van der Waals surface area contributed by atoms with Crippen LogP contribution in [0.5, 0.6) is 0 Å². The predicted octanol–water partition coefficient (Wildman–Crippen LogP) is 3.74. The Morgan fingerprint density at radius 1 is 1.12 bits per heavy atom. The summed E-state index contributed by atoms with van der Waals surface area (Å²) < 4.78 is 5.82. The van der Waals surface area contributed by atoms with E-state index in [9.17, 15) is 9.59 Å². The molecule has 2 aromatic carbocycles. The summed E-state index contributed by atoms with van der Waals surface area (Å²) in [6.45, 7) is 1.66. The van der Waals surface area contributed by atoms with E-state index in [0.717, 1.165) is 17.3 Å². The van der Waals surface area contributed by atoms with Crippen LogP contribution in [0.1, 0.15) is 29.3 Å². The van der Waals surface area contributed by atoms with Crippen molar-refractivity contribution in [3.05, 3.63) is 70.2 Å². The highest BCUT2D eigenvalue weighted by Gasteiger charge is 2.12. The van der Waals surface area contributed by atoms with E-state index in [2.05, 4.69) is 33.4 Å². The van der Waals surface area contributed by atoms with Crippen LogP contribution in [0.25, 0.3) is 0 Å². The second-order valence-electron chi connectivity index (χ2n) is 5.58. The number of esters is 1. The van der Waals surface area contributed by atoms with Crippen LogP contribution in [-0.2, 0) is 16.0 Å². The second kappa shape index (κ2) is 9.23. The molecular formula is C19H20BrNO3. The Balaban J connectivity index is 1.71. The van der Waals surface area contributed by atoms with Gasteiger partial charge in [0.15, 0.2) is 6.61 Å². The second-order valence-corrected chi connectivity index (χ2v) is 6.49. The maximum atomic E-state index is 11.9. The van der Waals surface area contributed by atoms with Gasteiger partial charge in [0, 0.05) is 10.5 Å². The van der Waals surface area contributed by atoms with Gasteiger partial charge in [0.1, 0.15) is 0 Å². The number of ether oxygens (including phenoxy) is 1. The highest BCUT2D eigenvalue weighted by atomic mass is 79.9. The van der Waals surface area contributed by atoms with Gasteiger partial charge in [-0.15, -0.1) is 0 Å². The van der Waals surface area contributed by atoms with Gasteiger partial charge in [-0.25, -0.2) is 4.79 Å². The topological polar surface area (TPSA) is 55.4 Å². The minimum absolute atomic E-state index is 0.0160. The normalized spacial score (nSPS) is 11.6. The Bertz CT molecular complexity index is 688. The molecule has 5 heteroatoms. The lowest BCUT2D eigenvalue weighted by molar-refractivity contribution is -0.124. The Hall–Kier alpha value is -2.14. The maximum Gasteiger partial charge on any atom is 0.338 e. The van der Waals surface area contributed by atoms with Gasteiger partial charge in [-0.2, -0.15) is 0 Å². The maximum absolute atomic E-state index is 11.9. The summed E-state index contributed by atoms with van der Waals surface area (Å²) >= 11 is 3.29. The van der Waals surface area contributed by atoms with E-state index >= 15 is 0 Å². The Morgan fingerprint density at radius 3 is 2.58 bits per heavy atom. The molecule has 1 amide bonds. The minimum Gasteiger partial charge on any atom is -0.452 e. The first kappa shape index (κ1) is 18.2. The molecule has 1 N–H and O–H groups in total. The van der Waals surface area contributed by atoms with Crippen molar-refractivity contribution in [2.75, 3.05) is 6.61 Å². The van der Waals surface area contributed by atoms with Crippen LogP contribution in [0, 0.1) is 0 Å². The smallest absolute Gasteiger partial charge is 0.338 e. The van der Waals surface area contributed by atoms with Crippen LogP contribution < -0.4 is 5.32 Å². The van der Waals surface area contributed by atoms with Gasteiger partial charge in [0.05, 0.1) is 5.56 Å². The molecule has 0 saturated heterocycles. The fourth-order valence-electron chi connectivity index (χ4n) is 2.25. The number of carbonyl (C=O) groups excluding carboxylic acids is 2. The van der Waals surface area contributed by atoms with Crippen molar-refractivity contribution < 1.29 is 14.3 Å². The predicted molar refractivity (Wildman–Crippen MR) is 96.8 cm³/mol. The molecule has 0 heterocycles. The van der Waals surface area contributed by atoms with Crippen molar-refractivity contribution in [3.63, 3.8) is 0 Å². The number of carbonyl (C=O) groups is 2. The molecule has 1 atom stereocenters. The summed E-state index contributed by atoms with van der Waals surface area (Å²) in [5.41, 5.74) is 1.65. The Labute approximate surface area is 150 Å². The van der Waals surface area contributed by atoms with Gasteiger partial charge in [-0.1, -0.05) is 52.3 Å². The van der Waals surface area contributed by atoms with Crippen LogP contribution in [0.15, 0.2) is 59.1 Å². The number of hydrogen-bond donors (Lipinski definition) is 1. The third-order valence-electron chi connectivity index (χ3n) is 3.51. The van der Waals surface area contributed by atoms with E-state index in [0.29, 0.717) is 5.56 Å². The lowest BCUT2D eigenvalue weighted by Gasteiger charge is -2.14. The molecular weight excluding hydrogens is 370 g/mol. The van der Waals surface area contributed by atoms with Crippen LogP contribution in [0.4, 0.5) is 0 Å². The van der Waals surface area contributed by atoms with Crippen molar-refractivity contribution in [2.24, 2.45) is 0 Å². The van der Waals surface area contributed by atoms with Crippen LogP contribution in [0.3, 0.4) is 0 Å². The van der Waals surface area contributed by atoms with Gasteiger partial charge in [0.2, 0.25) is 0 Å². The molecule has 0 aromatic heterocycles. The minimum atomic E-state index is -0.511.